The minimum atomic E-state index is 0.887. The van der Waals surface area contributed by atoms with Crippen molar-refractivity contribution in [2.75, 3.05) is 12.3 Å². The molecule has 2 nitrogen and oxygen atoms in total. The Morgan fingerprint density at radius 3 is 3.00 bits per heavy atom. The van der Waals surface area contributed by atoms with Crippen LogP contribution < -0.4 is 5.32 Å². The molecule has 2 rings (SSSR count). The predicted molar refractivity (Wildman–Crippen MR) is 62.8 cm³/mol. The molecule has 74 valence electrons. The van der Waals surface area contributed by atoms with E-state index in [1.54, 1.807) is 11.8 Å². The molecule has 1 aliphatic rings. The van der Waals surface area contributed by atoms with Crippen LogP contribution in [0.25, 0.3) is 0 Å². The van der Waals surface area contributed by atoms with Crippen LogP contribution >= 0.6 is 11.8 Å². The highest BCUT2D eigenvalue weighted by molar-refractivity contribution is 8.14. The number of rotatable bonds is 2. The molecule has 1 aromatic carbocycles. The lowest BCUT2D eigenvalue weighted by atomic mass is 10.1. The number of nitrogens with zero attached hydrogens (tertiary/aromatic N) is 1. The van der Waals surface area contributed by atoms with Gasteiger partial charge >= 0.3 is 0 Å². The minimum absolute atomic E-state index is 0.887. The molecule has 0 saturated heterocycles. The first-order chi connectivity index (χ1) is 6.86. The number of thioether (sulfide) groups is 1. The molecule has 0 fully saturated rings. The van der Waals surface area contributed by atoms with E-state index in [1.807, 2.05) is 0 Å². The van der Waals surface area contributed by atoms with Crippen molar-refractivity contribution in [3.8, 4) is 0 Å². The van der Waals surface area contributed by atoms with Gasteiger partial charge in [-0.1, -0.05) is 36.0 Å². The molecule has 1 aliphatic heterocycles. The molecule has 0 radical (unpaired) electrons. The molecule has 0 spiro atoms. The lowest BCUT2D eigenvalue weighted by Crippen LogP contribution is -2.18. The maximum absolute atomic E-state index is 4.35. The quantitative estimate of drug-likeness (QED) is 0.802. The Kier molecular flexibility index (Phi) is 3.09. The SMILES string of the molecule is Cc1ccccc1CNC1=NCCS1. The van der Waals surface area contributed by atoms with Gasteiger partial charge < -0.3 is 5.32 Å². The summed E-state index contributed by atoms with van der Waals surface area (Å²) >= 11 is 1.81. The highest BCUT2D eigenvalue weighted by Gasteiger charge is 2.06. The Bertz CT molecular complexity index is 347. The lowest BCUT2D eigenvalue weighted by Gasteiger charge is -2.07. The summed E-state index contributed by atoms with van der Waals surface area (Å²) < 4.78 is 0. The third-order valence-electron chi connectivity index (χ3n) is 2.28. The highest BCUT2D eigenvalue weighted by atomic mass is 32.2. The van der Waals surface area contributed by atoms with Gasteiger partial charge in [0, 0.05) is 12.3 Å². The Labute approximate surface area is 88.8 Å². The van der Waals surface area contributed by atoms with Crippen LogP contribution in [0.3, 0.4) is 0 Å². The van der Waals surface area contributed by atoms with E-state index in [0.29, 0.717) is 0 Å². The number of aryl methyl sites for hydroxylation is 1. The fourth-order valence-electron chi connectivity index (χ4n) is 1.42. The van der Waals surface area contributed by atoms with Crippen LogP contribution in [-0.2, 0) is 6.54 Å². The smallest absolute Gasteiger partial charge is 0.156 e. The Hall–Kier alpha value is -0.960. The number of nitrogens with one attached hydrogen (secondary N) is 1. The van der Waals surface area contributed by atoms with Gasteiger partial charge in [-0.3, -0.25) is 4.99 Å². The van der Waals surface area contributed by atoms with E-state index in [4.69, 9.17) is 0 Å². The van der Waals surface area contributed by atoms with E-state index in [-0.39, 0.29) is 0 Å². The van der Waals surface area contributed by atoms with Crippen molar-refractivity contribution in [3.05, 3.63) is 35.4 Å². The molecule has 1 heterocycles. The average Bonchev–Trinajstić information content (AvgIpc) is 2.69. The van der Waals surface area contributed by atoms with Crippen molar-refractivity contribution in [2.45, 2.75) is 13.5 Å². The fraction of sp³-hybridized carbons (Fsp3) is 0.364. The van der Waals surface area contributed by atoms with E-state index < -0.39 is 0 Å². The Morgan fingerprint density at radius 2 is 2.29 bits per heavy atom. The molecule has 0 saturated carbocycles. The van der Waals surface area contributed by atoms with Crippen molar-refractivity contribution in [3.63, 3.8) is 0 Å². The van der Waals surface area contributed by atoms with E-state index >= 15 is 0 Å². The van der Waals surface area contributed by atoms with Crippen LogP contribution in [0.1, 0.15) is 11.1 Å². The van der Waals surface area contributed by atoms with Gasteiger partial charge in [0.05, 0.1) is 6.54 Å². The van der Waals surface area contributed by atoms with Gasteiger partial charge in [-0.15, -0.1) is 0 Å². The number of hydrogen-bond acceptors (Lipinski definition) is 3. The Balaban J connectivity index is 1.94. The summed E-state index contributed by atoms with van der Waals surface area (Å²) in [6.45, 7) is 3.99. The van der Waals surface area contributed by atoms with Crippen molar-refractivity contribution >= 4 is 16.9 Å². The molecular weight excluding hydrogens is 192 g/mol. The van der Waals surface area contributed by atoms with Gasteiger partial charge in [0.1, 0.15) is 0 Å². The molecule has 0 aliphatic carbocycles. The number of hydrogen-bond donors (Lipinski definition) is 1. The molecule has 1 aromatic rings. The van der Waals surface area contributed by atoms with Gasteiger partial charge in [0.25, 0.3) is 0 Å². The largest absolute Gasteiger partial charge is 0.361 e. The zero-order chi connectivity index (χ0) is 9.80. The minimum Gasteiger partial charge on any atom is -0.361 e. The van der Waals surface area contributed by atoms with Gasteiger partial charge in [0.2, 0.25) is 0 Å². The molecule has 0 atom stereocenters. The third kappa shape index (κ3) is 2.29. The lowest BCUT2D eigenvalue weighted by molar-refractivity contribution is 0.913. The molecular formula is C11H14N2S. The molecule has 0 aromatic heterocycles. The molecule has 0 amide bonds. The Morgan fingerprint density at radius 1 is 1.43 bits per heavy atom. The van der Waals surface area contributed by atoms with E-state index in [1.165, 1.54) is 11.1 Å². The van der Waals surface area contributed by atoms with E-state index in [2.05, 4.69) is 41.5 Å². The van der Waals surface area contributed by atoms with Crippen LogP contribution in [0.2, 0.25) is 0 Å². The number of aliphatic imine (C=N–C) groups is 1. The van der Waals surface area contributed by atoms with Gasteiger partial charge in [0.15, 0.2) is 5.17 Å². The van der Waals surface area contributed by atoms with Crippen LogP contribution in [0.15, 0.2) is 29.3 Å². The van der Waals surface area contributed by atoms with Crippen molar-refractivity contribution in [2.24, 2.45) is 4.99 Å². The number of benzene rings is 1. The second-order valence-electron chi connectivity index (χ2n) is 3.32. The van der Waals surface area contributed by atoms with E-state index in [0.717, 1.165) is 24.0 Å². The maximum atomic E-state index is 4.35. The monoisotopic (exact) mass is 206 g/mol. The van der Waals surface area contributed by atoms with Crippen LogP contribution in [0.4, 0.5) is 0 Å². The zero-order valence-electron chi connectivity index (χ0n) is 8.29. The second kappa shape index (κ2) is 4.51. The summed E-state index contributed by atoms with van der Waals surface area (Å²) in [5.74, 6) is 1.12. The molecule has 3 heteroatoms. The molecule has 0 unspecified atom stereocenters. The third-order valence-corrected chi connectivity index (χ3v) is 3.21. The summed E-state index contributed by atoms with van der Waals surface area (Å²) in [5, 5.41) is 4.44. The topological polar surface area (TPSA) is 24.4 Å². The molecule has 14 heavy (non-hydrogen) atoms. The van der Waals surface area contributed by atoms with Crippen molar-refractivity contribution < 1.29 is 0 Å². The maximum Gasteiger partial charge on any atom is 0.156 e. The fourth-order valence-corrected chi connectivity index (χ4v) is 2.15. The molecule has 1 N–H and O–H groups in total. The first-order valence-corrected chi connectivity index (χ1v) is 5.80. The average molecular weight is 206 g/mol. The van der Waals surface area contributed by atoms with Gasteiger partial charge in [-0.25, -0.2) is 0 Å². The second-order valence-corrected chi connectivity index (χ2v) is 4.40. The van der Waals surface area contributed by atoms with Crippen LogP contribution in [-0.4, -0.2) is 17.5 Å². The predicted octanol–water partition coefficient (Wildman–Crippen LogP) is 2.19. The van der Waals surface area contributed by atoms with Crippen LogP contribution in [0, 0.1) is 6.92 Å². The normalized spacial score (nSPS) is 15.4. The first-order valence-electron chi connectivity index (χ1n) is 4.82. The summed E-state index contributed by atoms with van der Waals surface area (Å²) in [4.78, 5) is 4.35. The first kappa shape index (κ1) is 9.59. The highest BCUT2D eigenvalue weighted by Crippen LogP contribution is 2.11. The standard InChI is InChI=1S/C11H14N2S/c1-9-4-2-3-5-10(9)8-13-11-12-6-7-14-11/h2-5H,6-8H2,1H3,(H,12,13). The van der Waals surface area contributed by atoms with E-state index in [9.17, 15) is 0 Å². The number of amidine groups is 1. The summed E-state index contributed by atoms with van der Waals surface area (Å²) in [5.41, 5.74) is 2.69. The van der Waals surface area contributed by atoms with Gasteiger partial charge in [-0.2, -0.15) is 0 Å². The molecule has 0 bridgehead atoms. The van der Waals surface area contributed by atoms with Crippen molar-refractivity contribution in [1.82, 2.24) is 5.32 Å². The summed E-state index contributed by atoms with van der Waals surface area (Å²) in [7, 11) is 0. The van der Waals surface area contributed by atoms with Crippen molar-refractivity contribution in [1.29, 1.82) is 0 Å². The van der Waals surface area contributed by atoms with Crippen LogP contribution in [0.5, 0.6) is 0 Å². The zero-order valence-corrected chi connectivity index (χ0v) is 9.10. The summed E-state index contributed by atoms with van der Waals surface area (Å²) in [6, 6.07) is 8.44. The summed E-state index contributed by atoms with van der Waals surface area (Å²) in [6.07, 6.45) is 0. The van der Waals surface area contributed by atoms with Gasteiger partial charge in [-0.05, 0) is 18.1 Å².